The van der Waals surface area contributed by atoms with Crippen molar-refractivity contribution in [2.24, 2.45) is 0 Å². The number of carbonyl (C=O) groups excluding carboxylic acids is 2. The number of hydrogen-bond acceptors (Lipinski definition) is 7. The summed E-state index contributed by atoms with van der Waals surface area (Å²) in [5, 5.41) is 3.62. The molecule has 0 radical (unpaired) electrons. The quantitative estimate of drug-likeness (QED) is 0.397. The number of rotatable bonds is 6. The first-order valence-corrected chi connectivity index (χ1v) is 12.7. The molecule has 176 valence electrons. The van der Waals surface area contributed by atoms with E-state index in [2.05, 4.69) is 10.3 Å². The summed E-state index contributed by atoms with van der Waals surface area (Å²) in [5.41, 5.74) is 1.44. The van der Waals surface area contributed by atoms with E-state index in [9.17, 15) is 9.59 Å². The molecule has 0 saturated carbocycles. The van der Waals surface area contributed by atoms with Crippen LogP contribution < -0.4 is 10.1 Å². The van der Waals surface area contributed by atoms with Gasteiger partial charge in [-0.3, -0.25) is 14.6 Å². The lowest BCUT2D eigenvalue weighted by Gasteiger charge is -2.23. The van der Waals surface area contributed by atoms with Gasteiger partial charge >= 0.3 is 0 Å². The van der Waals surface area contributed by atoms with Gasteiger partial charge in [0.25, 0.3) is 11.8 Å². The molecule has 3 aromatic heterocycles. The molecule has 0 aliphatic carbocycles. The van der Waals surface area contributed by atoms with Crippen molar-refractivity contribution in [3.63, 3.8) is 0 Å². The first-order valence-electron chi connectivity index (χ1n) is 11.1. The van der Waals surface area contributed by atoms with Crippen LogP contribution in [0.1, 0.15) is 37.7 Å². The number of fused-ring (bicyclic) bond motifs is 2. The number of aromatic nitrogens is 1. The fourth-order valence-corrected chi connectivity index (χ4v) is 6.62. The number of nitrogens with zero attached hydrogens (tertiary/aromatic N) is 2. The molecule has 2 amide bonds. The SMILES string of the molecule is CNC(=O)c1c(C)sc2cc(Oc3ccnc4cc(C(=O)N5CCCC5COC)sc34)ccc12. The number of thiophene rings is 2. The van der Waals surface area contributed by atoms with Crippen LogP contribution in [-0.4, -0.2) is 55.0 Å². The Morgan fingerprint density at radius 2 is 2.09 bits per heavy atom. The van der Waals surface area contributed by atoms with E-state index in [0.717, 1.165) is 44.6 Å². The summed E-state index contributed by atoms with van der Waals surface area (Å²) in [7, 11) is 3.31. The Kier molecular flexibility index (Phi) is 6.24. The maximum absolute atomic E-state index is 13.2. The first-order chi connectivity index (χ1) is 16.5. The van der Waals surface area contributed by atoms with Crippen molar-refractivity contribution < 1.29 is 19.1 Å². The monoisotopic (exact) mass is 495 g/mol. The van der Waals surface area contributed by atoms with E-state index in [-0.39, 0.29) is 17.9 Å². The van der Waals surface area contributed by atoms with Crippen molar-refractivity contribution in [3.05, 3.63) is 51.8 Å². The lowest BCUT2D eigenvalue weighted by atomic mass is 10.1. The second-order valence-corrected chi connectivity index (χ2v) is 10.6. The minimum absolute atomic E-state index is 0.0192. The van der Waals surface area contributed by atoms with E-state index in [4.69, 9.17) is 9.47 Å². The van der Waals surface area contributed by atoms with Gasteiger partial charge in [-0.25, -0.2) is 0 Å². The Morgan fingerprint density at radius 1 is 1.24 bits per heavy atom. The van der Waals surface area contributed by atoms with Gasteiger partial charge in [0.2, 0.25) is 0 Å². The van der Waals surface area contributed by atoms with Gasteiger partial charge in [0.05, 0.1) is 33.3 Å². The molecule has 7 nitrogen and oxygen atoms in total. The molecule has 9 heteroatoms. The summed E-state index contributed by atoms with van der Waals surface area (Å²) < 4.78 is 13.4. The molecular weight excluding hydrogens is 470 g/mol. The molecule has 1 aliphatic heterocycles. The van der Waals surface area contributed by atoms with Gasteiger partial charge in [-0.2, -0.15) is 0 Å². The van der Waals surface area contributed by atoms with Gasteiger partial charge < -0.3 is 19.7 Å². The highest BCUT2D eigenvalue weighted by atomic mass is 32.1. The summed E-state index contributed by atoms with van der Waals surface area (Å²) >= 11 is 2.97. The molecule has 4 aromatic rings. The van der Waals surface area contributed by atoms with Gasteiger partial charge in [-0.05, 0) is 44.0 Å². The second-order valence-electron chi connectivity index (χ2n) is 8.26. The summed E-state index contributed by atoms with van der Waals surface area (Å²) in [6.07, 6.45) is 3.65. The first kappa shape index (κ1) is 22.8. The van der Waals surface area contributed by atoms with Crippen molar-refractivity contribution in [3.8, 4) is 11.5 Å². The van der Waals surface area contributed by atoms with Crippen molar-refractivity contribution in [2.45, 2.75) is 25.8 Å². The highest BCUT2D eigenvalue weighted by molar-refractivity contribution is 7.21. The fourth-order valence-electron chi connectivity index (χ4n) is 4.51. The van der Waals surface area contributed by atoms with E-state index in [1.807, 2.05) is 42.2 Å². The predicted octanol–water partition coefficient (Wildman–Crippen LogP) is 5.22. The van der Waals surface area contributed by atoms with Gasteiger partial charge in [0.15, 0.2) is 0 Å². The molecule has 1 aromatic carbocycles. The predicted molar refractivity (Wildman–Crippen MR) is 136 cm³/mol. The summed E-state index contributed by atoms with van der Waals surface area (Å²) in [5.74, 6) is 1.26. The average Bonchev–Trinajstić information content (AvgIpc) is 3.55. The molecule has 1 atom stereocenters. The largest absolute Gasteiger partial charge is 0.456 e. The van der Waals surface area contributed by atoms with Crippen molar-refractivity contribution in [1.29, 1.82) is 0 Å². The number of amides is 2. The maximum atomic E-state index is 13.2. The van der Waals surface area contributed by atoms with Crippen LogP contribution in [0.5, 0.6) is 11.5 Å². The van der Waals surface area contributed by atoms with Crippen LogP contribution in [0.4, 0.5) is 0 Å². The van der Waals surface area contributed by atoms with Crippen molar-refractivity contribution >= 4 is 54.8 Å². The van der Waals surface area contributed by atoms with Crippen LogP contribution in [0, 0.1) is 6.92 Å². The Bertz CT molecular complexity index is 1390. The van der Waals surface area contributed by atoms with Gasteiger partial charge in [-0.1, -0.05) is 0 Å². The number of methoxy groups -OCH3 is 1. The van der Waals surface area contributed by atoms with Gasteiger partial charge in [0, 0.05) is 47.9 Å². The highest BCUT2D eigenvalue weighted by Crippen LogP contribution is 2.38. The molecular formula is C25H25N3O4S2. The van der Waals surface area contributed by atoms with Gasteiger partial charge in [-0.15, -0.1) is 22.7 Å². The Hall–Kier alpha value is -3.01. The number of nitrogens with one attached hydrogen (secondary N) is 1. The van der Waals surface area contributed by atoms with Crippen molar-refractivity contribution in [1.82, 2.24) is 15.2 Å². The Balaban J connectivity index is 1.45. The lowest BCUT2D eigenvalue weighted by Crippen LogP contribution is -2.37. The molecule has 1 aliphatic rings. The van der Waals surface area contributed by atoms with E-state index in [1.165, 1.54) is 11.3 Å². The summed E-state index contributed by atoms with van der Waals surface area (Å²) in [6.45, 7) is 3.25. The van der Waals surface area contributed by atoms with Crippen LogP contribution in [0.3, 0.4) is 0 Å². The third-order valence-corrected chi connectivity index (χ3v) is 8.30. The van der Waals surface area contributed by atoms with E-state index >= 15 is 0 Å². The average molecular weight is 496 g/mol. The van der Waals surface area contributed by atoms with E-state index in [0.29, 0.717) is 28.5 Å². The minimum atomic E-state index is -0.0882. The Labute approximate surface area is 205 Å². The van der Waals surface area contributed by atoms with E-state index < -0.39 is 0 Å². The number of benzene rings is 1. The van der Waals surface area contributed by atoms with Crippen LogP contribution in [0.2, 0.25) is 0 Å². The number of carbonyl (C=O) groups is 2. The molecule has 1 fully saturated rings. The standard InChI is InChI=1S/C25H25N3O4S2/c1-14-22(24(29)26-2)17-7-6-16(11-20(17)33-14)32-19-8-9-27-18-12-21(34-23(18)19)25(30)28-10-4-5-15(28)13-31-3/h6-9,11-12,15H,4-5,10,13H2,1-3H3,(H,26,29). The molecule has 1 saturated heterocycles. The summed E-state index contributed by atoms with van der Waals surface area (Å²) in [6, 6.07) is 9.52. The minimum Gasteiger partial charge on any atom is -0.456 e. The van der Waals surface area contributed by atoms with Crippen LogP contribution >= 0.6 is 22.7 Å². The molecule has 0 spiro atoms. The van der Waals surface area contributed by atoms with Crippen molar-refractivity contribution in [2.75, 3.05) is 27.3 Å². The smallest absolute Gasteiger partial charge is 0.264 e. The molecule has 5 rings (SSSR count). The Morgan fingerprint density at radius 3 is 2.88 bits per heavy atom. The number of pyridine rings is 1. The summed E-state index contributed by atoms with van der Waals surface area (Å²) in [4.78, 5) is 33.5. The van der Waals surface area contributed by atoms with E-state index in [1.54, 1.807) is 31.7 Å². The highest BCUT2D eigenvalue weighted by Gasteiger charge is 2.30. The molecule has 4 heterocycles. The normalized spacial score (nSPS) is 15.9. The zero-order valence-corrected chi connectivity index (χ0v) is 20.8. The molecule has 34 heavy (non-hydrogen) atoms. The topological polar surface area (TPSA) is 80.8 Å². The zero-order valence-electron chi connectivity index (χ0n) is 19.2. The number of likely N-dealkylation sites (tertiary alicyclic amines) is 1. The van der Waals surface area contributed by atoms with Crippen LogP contribution in [0.15, 0.2) is 36.5 Å². The van der Waals surface area contributed by atoms with Crippen LogP contribution in [0.25, 0.3) is 20.3 Å². The zero-order chi connectivity index (χ0) is 23.8. The molecule has 0 bridgehead atoms. The number of ether oxygens (including phenoxy) is 2. The second kappa shape index (κ2) is 9.32. The molecule has 1 unspecified atom stereocenters. The molecule has 1 N–H and O–H groups in total. The third kappa shape index (κ3) is 4.04. The van der Waals surface area contributed by atoms with Crippen LogP contribution in [-0.2, 0) is 4.74 Å². The maximum Gasteiger partial charge on any atom is 0.264 e. The third-order valence-electron chi connectivity index (χ3n) is 6.10. The van der Waals surface area contributed by atoms with Gasteiger partial charge in [0.1, 0.15) is 11.5 Å². The lowest BCUT2D eigenvalue weighted by molar-refractivity contribution is 0.0635. The number of hydrogen-bond donors (Lipinski definition) is 1. The fraction of sp³-hybridized carbons (Fsp3) is 0.320. The number of aryl methyl sites for hydroxylation is 1.